The number of hydrogen-bond acceptors (Lipinski definition) is 4. The maximum atomic E-state index is 12.4. The highest BCUT2D eigenvalue weighted by atomic mass is 35.5. The predicted molar refractivity (Wildman–Crippen MR) is 94.5 cm³/mol. The topological polar surface area (TPSA) is 81.4 Å². The lowest BCUT2D eigenvalue weighted by Gasteiger charge is -2.36. The SMILES string of the molecule is CCOC(=O)C(NC(=O)CC1(CN)CCCCC1)C(C)CC.Cl. The summed E-state index contributed by atoms with van der Waals surface area (Å²) < 4.78 is 5.09. The number of esters is 1. The van der Waals surface area contributed by atoms with Crippen molar-refractivity contribution in [3.8, 4) is 0 Å². The van der Waals surface area contributed by atoms with Crippen LogP contribution in [0.2, 0.25) is 0 Å². The Morgan fingerprint density at radius 1 is 1.22 bits per heavy atom. The number of hydrogen-bond donors (Lipinski definition) is 2. The molecule has 0 saturated heterocycles. The minimum absolute atomic E-state index is 0. The molecule has 136 valence electrons. The normalized spacial score (nSPS) is 19.1. The van der Waals surface area contributed by atoms with Crippen LogP contribution in [0, 0.1) is 11.3 Å². The molecule has 1 fully saturated rings. The number of amides is 1. The van der Waals surface area contributed by atoms with Crippen molar-refractivity contribution in [2.75, 3.05) is 13.2 Å². The Bertz CT molecular complexity index is 371. The van der Waals surface area contributed by atoms with Crippen LogP contribution in [0.3, 0.4) is 0 Å². The van der Waals surface area contributed by atoms with E-state index in [4.69, 9.17) is 10.5 Å². The van der Waals surface area contributed by atoms with Gasteiger partial charge in [0.2, 0.25) is 5.91 Å². The summed E-state index contributed by atoms with van der Waals surface area (Å²) >= 11 is 0. The number of carbonyl (C=O) groups excluding carboxylic acids is 2. The van der Waals surface area contributed by atoms with Gasteiger partial charge in [-0.25, -0.2) is 4.79 Å². The molecule has 0 spiro atoms. The Balaban J connectivity index is 0.00000484. The minimum Gasteiger partial charge on any atom is -0.464 e. The third kappa shape index (κ3) is 6.68. The van der Waals surface area contributed by atoms with Crippen molar-refractivity contribution in [3.05, 3.63) is 0 Å². The molecule has 2 unspecified atom stereocenters. The minimum atomic E-state index is -0.559. The number of ether oxygens (including phenoxy) is 1. The lowest BCUT2D eigenvalue weighted by molar-refractivity contribution is -0.149. The first kappa shape index (κ1) is 22.2. The maximum absolute atomic E-state index is 12.4. The summed E-state index contributed by atoms with van der Waals surface area (Å²) in [5.74, 6) is -0.357. The number of carbonyl (C=O) groups is 2. The van der Waals surface area contributed by atoms with Crippen LogP contribution in [0.4, 0.5) is 0 Å². The van der Waals surface area contributed by atoms with Crippen molar-refractivity contribution in [3.63, 3.8) is 0 Å². The molecule has 1 saturated carbocycles. The zero-order valence-corrected chi connectivity index (χ0v) is 15.5. The standard InChI is InChI=1S/C17H32N2O3.ClH/c1-4-13(3)15(16(21)22-5-2)19-14(20)11-17(12-18)9-7-6-8-10-17;/h13,15H,4-12,18H2,1-3H3,(H,19,20);1H. The molecule has 1 aliphatic carbocycles. The fourth-order valence-electron chi connectivity index (χ4n) is 3.22. The van der Waals surface area contributed by atoms with E-state index in [2.05, 4.69) is 5.32 Å². The summed E-state index contributed by atoms with van der Waals surface area (Å²) in [6.07, 6.45) is 6.73. The Morgan fingerprint density at radius 2 is 1.83 bits per heavy atom. The second-order valence-electron chi connectivity index (χ2n) is 6.62. The third-order valence-corrected chi connectivity index (χ3v) is 4.95. The molecule has 1 rings (SSSR count). The van der Waals surface area contributed by atoms with Gasteiger partial charge in [-0.15, -0.1) is 12.4 Å². The van der Waals surface area contributed by atoms with Crippen molar-refractivity contribution < 1.29 is 14.3 Å². The molecule has 0 aromatic rings. The van der Waals surface area contributed by atoms with Crippen molar-refractivity contribution >= 4 is 24.3 Å². The van der Waals surface area contributed by atoms with Gasteiger partial charge in [0.05, 0.1) is 6.61 Å². The smallest absolute Gasteiger partial charge is 0.328 e. The highest BCUT2D eigenvalue weighted by Crippen LogP contribution is 2.38. The van der Waals surface area contributed by atoms with Gasteiger partial charge >= 0.3 is 5.97 Å². The average Bonchev–Trinajstić information content (AvgIpc) is 2.53. The molecule has 2 atom stereocenters. The molecule has 0 aliphatic heterocycles. The Labute approximate surface area is 146 Å². The molecule has 1 aliphatic rings. The van der Waals surface area contributed by atoms with Crippen LogP contribution in [-0.2, 0) is 14.3 Å². The molecule has 0 heterocycles. The summed E-state index contributed by atoms with van der Waals surface area (Å²) in [6, 6.07) is -0.559. The first-order chi connectivity index (χ1) is 10.5. The number of halogens is 1. The van der Waals surface area contributed by atoms with E-state index in [-0.39, 0.29) is 35.6 Å². The number of nitrogens with one attached hydrogen (secondary N) is 1. The van der Waals surface area contributed by atoms with Gasteiger partial charge in [-0.2, -0.15) is 0 Å². The molecule has 5 nitrogen and oxygen atoms in total. The zero-order chi connectivity index (χ0) is 16.6. The second kappa shape index (κ2) is 10.9. The Morgan fingerprint density at radius 3 is 2.30 bits per heavy atom. The molecule has 1 amide bonds. The van der Waals surface area contributed by atoms with Gasteiger partial charge < -0.3 is 15.8 Å². The van der Waals surface area contributed by atoms with E-state index in [1.807, 2.05) is 13.8 Å². The third-order valence-electron chi connectivity index (χ3n) is 4.95. The van der Waals surface area contributed by atoms with Gasteiger partial charge in [0.25, 0.3) is 0 Å². The zero-order valence-electron chi connectivity index (χ0n) is 14.7. The fourth-order valence-corrected chi connectivity index (χ4v) is 3.22. The van der Waals surface area contributed by atoms with Crippen LogP contribution >= 0.6 is 12.4 Å². The predicted octanol–water partition coefficient (Wildman–Crippen LogP) is 2.80. The van der Waals surface area contributed by atoms with Crippen LogP contribution in [0.5, 0.6) is 0 Å². The van der Waals surface area contributed by atoms with E-state index in [9.17, 15) is 9.59 Å². The van der Waals surface area contributed by atoms with Crippen molar-refractivity contribution in [2.24, 2.45) is 17.1 Å². The maximum Gasteiger partial charge on any atom is 0.328 e. The summed E-state index contributed by atoms with van der Waals surface area (Å²) in [4.78, 5) is 24.5. The van der Waals surface area contributed by atoms with E-state index in [0.717, 1.165) is 32.1 Å². The lowest BCUT2D eigenvalue weighted by atomic mass is 9.71. The van der Waals surface area contributed by atoms with Crippen molar-refractivity contribution in [1.29, 1.82) is 0 Å². The first-order valence-electron chi connectivity index (χ1n) is 8.64. The second-order valence-corrected chi connectivity index (χ2v) is 6.62. The Hall–Kier alpha value is -0.810. The van der Waals surface area contributed by atoms with Gasteiger partial charge in [-0.1, -0.05) is 39.5 Å². The highest BCUT2D eigenvalue weighted by molar-refractivity contribution is 5.85. The van der Waals surface area contributed by atoms with Gasteiger partial charge in [0.1, 0.15) is 6.04 Å². The molecular weight excluding hydrogens is 316 g/mol. The van der Waals surface area contributed by atoms with E-state index >= 15 is 0 Å². The summed E-state index contributed by atoms with van der Waals surface area (Å²) in [5, 5.41) is 2.89. The summed E-state index contributed by atoms with van der Waals surface area (Å²) in [5.41, 5.74) is 5.85. The van der Waals surface area contributed by atoms with Gasteiger partial charge in [0.15, 0.2) is 0 Å². The number of nitrogens with two attached hydrogens (primary N) is 1. The largest absolute Gasteiger partial charge is 0.464 e. The first-order valence-corrected chi connectivity index (χ1v) is 8.64. The molecule has 0 radical (unpaired) electrons. The molecule has 23 heavy (non-hydrogen) atoms. The van der Waals surface area contributed by atoms with Crippen LogP contribution in [0.25, 0.3) is 0 Å². The van der Waals surface area contributed by atoms with E-state index in [1.54, 1.807) is 6.92 Å². The molecule has 6 heteroatoms. The van der Waals surface area contributed by atoms with E-state index < -0.39 is 6.04 Å². The summed E-state index contributed by atoms with van der Waals surface area (Å²) in [6.45, 7) is 6.60. The summed E-state index contributed by atoms with van der Waals surface area (Å²) in [7, 11) is 0. The molecule has 3 N–H and O–H groups in total. The van der Waals surface area contributed by atoms with Gasteiger partial charge in [0, 0.05) is 6.42 Å². The average molecular weight is 349 g/mol. The number of rotatable bonds is 8. The lowest BCUT2D eigenvalue weighted by Crippen LogP contribution is -2.48. The molecule has 0 aromatic carbocycles. The highest BCUT2D eigenvalue weighted by Gasteiger charge is 2.35. The Kier molecular flexibility index (Phi) is 10.5. The fraction of sp³-hybridized carbons (Fsp3) is 0.882. The van der Waals surface area contributed by atoms with E-state index in [0.29, 0.717) is 19.6 Å². The molecule has 0 aromatic heterocycles. The van der Waals surface area contributed by atoms with Crippen LogP contribution in [0.1, 0.15) is 65.7 Å². The molecular formula is C17H33ClN2O3. The van der Waals surface area contributed by atoms with Crippen LogP contribution < -0.4 is 11.1 Å². The van der Waals surface area contributed by atoms with Crippen molar-refractivity contribution in [1.82, 2.24) is 5.32 Å². The quantitative estimate of drug-likeness (QED) is 0.661. The monoisotopic (exact) mass is 348 g/mol. The van der Waals surface area contributed by atoms with Crippen LogP contribution in [-0.4, -0.2) is 31.1 Å². The van der Waals surface area contributed by atoms with E-state index in [1.165, 1.54) is 6.42 Å². The van der Waals surface area contributed by atoms with Crippen molar-refractivity contribution in [2.45, 2.75) is 71.8 Å². The van der Waals surface area contributed by atoms with Gasteiger partial charge in [-0.3, -0.25) is 4.79 Å². The molecule has 0 bridgehead atoms. The van der Waals surface area contributed by atoms with Crippen LogP contribution in [0.15, 0.2) is 0 Å². The van der Waals surface area contributed by atoms with Gasteiger partial charge in [-0.05, 0) is 37.6 Å².